The third kappa shape index (κ3) is 4.90. The molecule has 0 unspecified atom stereocenters. The quantitative estimate of drug-likeness (QED) is 0.268. The van der Waals surface area contributed by atoms with Crippen molar-refractivity contribution in [1.29, 1.82) is 0 Å². The Hall–Kier alpha value is -2.88. The zero-order valence-corrected chi connectivity index (χ0v) is 19.0. The molecule has 0 saturated heterocycles. The number of benzene rings is 3. The largest absolute Gasteiger partial charge is 0.203 e. The fraction of sp³-hybridized carbons (Fsp3) is 0.310. The third-order valence-electron chi connectivity index (χ3n) is 6.82. The SMILES string of the molecule is CCc1ccc(C=Cc2ccc(-c3ccc(C4CCC(C)CC4)c(F)c3F)cc2)c(F)c1F. The van der Waals surface area contributed by atoms with Crippen LogP contribution in [0.1, 0.15) is 67.7 Å². The lowest BCUT2D eigenvalue weighted by Crippen LogP contribution is -2.13. The maximum absolute atomic E-state index is 14.9. The molecule has 0 aliphatic heterocycles. The van der Waals surface area contributed by atoms with Crippen molar-refractivity contribution in [2.45, 2.75) is 51.9 Å². The van der Waals surface area contributed by atoms with Gasteiger partial charge in [-0.15, -0.1) is 0 Å². The predicted octanol–water partition coefficient (Wildman–Crippen LogP) is 8.94. The third-order valence-corrected chi connectivity index (χ3v) is 6.82. The maximum atomic E-state index is 14.9. The first-order valence-electron chi connectivity index (χ1n) is 11.6. The zero-order chi connectivity index (χ0) is 23.5. The average Bonchev–Trinajstić information content (AvgIpc) is 2.83. The average molecular weight is 453 g/mol. The Labute approximate surface area is 193 Å². The van der Waals surface area contributed by atoms with E-state index in [2.05, 4.69) is 6.92 Å². The minimum absolute atomic E-state index is 0.0777. The molecule has 3 aromatic carbocycles. The van der Waals surface area contributed by atoms with Crippen molar-refractivity contribution in [3.8, 4) is 11.1 Å². The van der Waals surface area contributed by atoms with Gasteiger partial charge in [0.15, 0.2) is 23.3 Å². The van der Waals surface area contributed by atoms with Crippen molar-refractivity contribution in [2.24, 2.45) is 5.92 Å². The van der Waals surface area contributed by atoms with Crippen LogP contribution in [0.3, 0.4) is 0 Å². The smallest absolute Gasteiger partial charge is 0.166 e. The normalized spacial score (nSPS) is 18.7. The zero-order valence-electron chi connectivity index (χ0n) is 19.0. The second-order valence-electron chi connectivity index (χ2n) is 9.04. The number of rotatable bonds is 5. The molecule has 0 nitrogen and oxygen atoms in total. The number of hydrogen-bond donors (Lipinski definition) is 0. The van der Waals surface area contributed by atoms with Gasteiger partial charge in [-0.2, -0.15) is 0 Å². The summed E-state index contributed by atoms with van der Waals surface area (Å²) in [5, 5.41) is 0. The molecule has 0 spiro atoms. The Kier molecular flexibility index (Phi) is 7.02. The van der Waals surface area contributed by atoms with Crippen molar-refractivity contribution in [1.82, 2.24) is 0 Å². The summed E-state index contributed by atoms with van der Waals surface area (Å²) in [4.78, 5) is 0. The molecule has 4 rings (SSSR count). The summed E-state index contributed by atoms with van der Waals surface area (Å²) in [6, 6.07) is 13.4. The van der Waals surface area contributed by atoms with Gasteiger partial charge in [0.2, 0.25) is 0 Å². The minimum atomic E-state index is -0.868. The molecule has 0 bridgehead atoms. The Bertz CT molecular complexity index is 1150. The van der Waals surface area contributed by atoms with Gasteiger partial charge in [-0.3, -0.25) is 0 Å². The predicted molar refractivity (Wildman–Crippen MR) is 127 cm³/mol. The molecule has 0 N–H and O–H groups in total. The Balaban J connectivity index is 1.53. The van der Waals surface area contributed by atoms with E-state index in [1.54, 1.807) is 61.5 Å². The van der Waals surface area contributed by atoms with Gasteiger partial charge in [-0.25, -0.2) is 17.6 Å². The van der Waals surface area contributed by atoms with Crippen LogP contribution in [0.25, 0.3) is 23.3 Å². The van der Waals surface area contributed by atoms with Crippen molar-refractivity contribution in [2.75, 3.05) is 0 Å². The molecule has 3 aromatic rings. The van der Waals surface area contributed by atoms with Crippen LogP contribution in [0, 0.1) is 29.2 Å². The fourth-order valence-corrected chi connectivity index (χ4v) is 4.64. The number of aryl methyl sites for hydroxylation is 1. The Morgan fingerprint density at radius 3 is 2.09 bits per heavy atom. The highest BCUT2D eigenvalue weighted by Crippen LogP contribution is 2.38. The second kappa shape index (κ2) is 9.94. The van der Waals surface area contributed by atoms with Gasteiger partial charge in [0.05, 0.1) is 0 Å². The number of halogens is 4. The fourth-order valence-electron chi connectivity index (χ4n) is 4.64. The van der Waals surface area contributed by atoms with E-state index in [-0.39, 0.29) is 17.0 Å². The lowest BCUT2D eigenvalue weighted by molar-refractivity contribution is 0.339. The van der Waals surface area contributed by atoms with Crippen molar-refractivity contribution in [3.05, 3.63) is 94.1 Å². The number of hydrogen-bond acceptors (Lipinski definition) is 0. The van der Waals surface area contributed by atoms with Gasteiger partial charge in [0.1, 0.15) is 0 Å². The van der Waals surface area contributed by atoms with E-state index < -0.39 is 23.3 Å². The maximum Gasteiger partial charge on any atom is 0.166 e. The molecule has 172 valence electrons. The molecule has 4 heteroatoms. The van der Waals surface area contributed by atoms with E-state index in [1.165, 1.54) is 6.08 Å². The van der Waals surface area contributed by atoms with E-state index in [1.807, 2.05) is 0 Å². The van der Waals surface area contributed by atoms with Crippen molar-refractivity contribution >= 4 is 12.2 Å². The first-order chi connectivity index (χ1) is 15.9. The van der Waals surface area contributed by atoms with Gasteiger partial charge in [-0.1, -0.05) is 87.4 Å². The van der Waals surface area contributed by atoms with Crippen molar-refractivity contribution < 1.29 is 17.6 Å². The first-order valence-corrected chi connectivity index (χ1v) is 11.6. The van der Waals surface area contributed by atoms with E-state index in [0.29, 0.717) is 29.0 Å². The van der Waals surface area contributed by atoms with Crippen LogP contribution in [-0.2, 0) is 6.42 Å². The molecule has 0 atom stereocenters. The molecule has 1 fully saturated rings. The molecule has 0 heterocycles. The lowest BCUT2D eigenvalue weighted by atomic mass is 9.79. The van der Waals surface area contributed by atoms with Gasteiger partial charge >= 0.3 is 0 Å². The van der Waals surface area contributed by atoms with Crippen LogP contribution in [0.4, 0.5) is 17.6 Å². The monoisotopic (exact) mass is 452 g/mol. The molecule has 33 heavy (non-hydrogen) atoms. The summed E-state index contributed by atoms with van der Waals surface area (Å²) in [5.74, 6) is -2.53. The van der Waals surface area contributed by atoms with Crippen LogP contribution in [0.5, 0.6) is 0 Å². The second-order valence-corrected chi connectivity index (χ2v) is 9.04. The molecule has 0 amide bonds. The van der Waals surface area contributed by atoms with Crippen LogP contribution in [0.15, 0.2) is 48.5 Å². The Morgan fingerprint density at radius 1 is 0.727 bits per heavy atom. The standard InChI is InChI=1S/C29H28F4/c1-3-20-14-15-23(27(31)26(20)30)13-8-19-6-11-22(12-7-19)25-17-16-24(28(32)29(25)33)21-9-4-18(2)5-10-21/h6-8,11-18,21H,3-5,9-10H2,1-2H3. The highest BCUT2D eigenvalue weighted by Gasteiger charge is 2.25. The Morgan fingerprint density at radius 2 is 1.42 bits per heavy atom. The van der Waals surface area contributed by atoms with Crippen LogP contribution in [-0.4, -0.2) is 0 Å². The molecule has 1 saturated carbocycles. The molecule has 1 aliphatic carbocycles. The summed E-state index contributed by atoms with van der Waals surface area (Å²) in [7, 11) is 0. The van der Waals surface area contributed by atoms with E-state index in [4.69, 9.17) is 0 Å². The molecule has 0 aromatic heterocycles. The van der Waals surface area contributed by atoms with Gasteiger partial charge < -0.3 is 0 Å². The summed E-state index contributed by atoms with van der Waals surface area (Å²) >= 11 is 0. The van der Waals surface area contributed by atoms with Crippen LogP contribution in [0.2, 0.25) is 0 Å². The molecular formula is C29H28F4. The van der Waals surface area contributed by atoms with Crippen molar-refractivity contribution in [3.63, 3.8) is 0 Å². The topological polar surface area (TPSA) is 0 Å². The minimum Gasteiger partial charge on any atom is -0.203 e. The summed E-state index contributed by atoms with van der Waals surface area (Å²) in [6.07, 6.45) is 7.47. The highest BCUT2D eigenvalue weighted by molar-refractivity contribution is 5.72. The molecule has 0 radical (unpaired) electrons. The van der Waals surface area contributed by atoms with Gasteiger partial charge in [0.25, 0.3) is 0 Å². The summed E-state index contributed by atoms with van der Waals surface area (Å²) < 4.78 is 58.0. The van der Waals surface area contributed by atoms with Gasteiger partial charge in [-0.05, 0) is 53.4 Å². The molecular weight excluding hydrogens is 424 g/mol. The van der Waals surface area contributed by atoms with E-state index in [9.17, 15) is 17.6 Å². The van der Waals surface area contributed by atoms with Crippen LogP contribution < -0.4 is 0 Å². The highest BCUT2D eigenvalue weighted by atomic mass is 19.2. The summed E-state index contributed by atoms with van der Waals surface area (Å²) in [5.41, 5.74) is 2.51. The molecule has 1 aliphatic rings. The first kappa shape index (κ1) is 23.3. The van der Waals surface area contributed by atoms with E-state index >= 15 is 0 Å². The summed E-state index contributed by atoms with van der Waals surface area (Å²) in [6.45, 7) is 3.97. The van der Waals surface area contributed by atoms with Gasteiger partial charge in [0, 0.05) is 11.1 Å². The lowest BCUT2D eigenvalue weighted by Gasteiger charge is -2.27. The van der Waals surface area contributed by atoms with E-state index in [0.717, 1.165) is 31.2 Å². The van der Waals surface area contributed by atoms with Crippen LogP contribution >= 0.6 is 0 Å².